The van der Waals surface area contributed by atoms with Gasteiger partial charge in [0, 0.05) is 6.92 Å². The first-order valence-electron chi connectivity index (χ1n) is 4.02. The maximum Gasteiger partial charge on any atom is 0.264 e. The van der Waals surface area contributed by atoms with Crippen LogP contribution in [-0.4, -0.2) is 14.3 Å². The Morgan fingerprint density at radius 1 is 1.31 bits per heavy atom. The maximum atomic E-state index is 11.6. The van der Waals surface area contributed by atoms with E-state index in [1.165, 1.54) is 0 Å². The monoisotopic (exact) mass is 282 g/mol. The molecule has 1 aromatic carbocycles. The minimum atomic E-state index is -3.95. The number of nitrogens with two attached hydrogens (primary N) is 1. The second-order valence-corrected chi connectivity index (χ2v) is 5.46. The Morgan fingerprint density at radius 2 is 1.75 bits per heavy atom. The number of carbonyl (C=O) groups is 1. The van der Waals surface area contributed by atoms with E-state index in [1.807, 2.05) is 0 Å². The number of rotatable bonds is 2. The van der Waals surface area contributed by atoms with Crippen molar-refractivity contribution < 1.29 is 13.2 Å². The fourth-order valence-corrected chi connectivity index (χ4v) is 2.62. The first kappa shape index (κ1) is 13.1. The van der Waals surface area contributed by atoms with Crippen LogP contribution in [0.3, 0.4) is 0 Å². The predicted octanol–water partition coefficient (Wildman–Crippen LogP) is 1.40. The fraction of sp³-hybridized carbons (Fsp3) is 0.125. The molecule has 0 bridgehead atoms. The van der Waals surface area contributed by atoms with E-state index >= 15 is 0 Å². The van der Waals surface area contributed by atoms with E-state index in [0.717, 1.165) is 19.1 Å². The standard InChI is InChI=1S/C8H8Cl2N2O3S/c1-4(13)12-16(14,15)5-2-6(9)8(11)7(10)3-5/h2-3H,11H2,1H3,(H,12,13). The Kier molecular flexibility index (Phi) is 3.67. The summed E-state index contributed by atoms with van der Waals surface area (Å²) in [5.41, 5.74) is 5.54. The van der Waals surface area contributed by atoms with Gasteiger partial charge < -0.3 is 5.73 Å². The Balaban J connectivity index is 3.30. The van der Waals surface area contributed by atoms with Crippen molar-refractivity contribution in [2.24, 2.45) is 0 Å². The van der Waals surface area contributed by atoms with Crippen LogP contribution in [0.25, 0.3) is 0 Å². The summed E-state index contributed by atoms with van der Waals surface area (Å²) in [6.07, 6.45) is 0. The highest BCUT2D eigenvalue weighted by Gasteiger charge is 2.18. The first-order chi connectivity index (χ1) is 7.24. The number of sulfonamides is 1. The van der Waals surface area contributed by atoms with Gasteiger partial charge in [0.05, 0.1) is 20.6 Å². The molecule has 0 spiro atoms. The van der Waals surface area contributed by atoms with E-state index in [4.69, 9.17) is 28.9 Å². The molecule has 0 unspecified atom stereocenters. The zero-order valence-corrected chi connectivity index (χ0v) is 10.4. The summed E-state index contributed by atoms with van der Waals surface area (Å²) in [7, 11) is -3.95. The van der Waals surface area contributed by atoms with Gasteiger partial charge in [-0.05, 0) is 12.1 Å². The van der Waals surface area contributed by atoms with Crippen molar-refractivity contribution >= 4 is 44.8 Å². The summed E-state index contributed by atoms with van der Waals surface area (Å²) in [6, 6.07) is 2.24. The molecule has 5 nitrogen and oxygen atoms in total. The Hall–Kier alpha value is -0.980. The molecule has 8 heteroatoms. The normalized spacial score (nSPS) is 11.2. The van der Waals surface area contributed by atoms with Crippen molar-refractivity contribution in [2.75, 3.05) is 5.73 Å². The number of hydrogen-bond donors (Lipinski definition) is 2. The fourth-order valence-electron chi connectivity index (χ4n) is 0.964. The van der Waals surface area contributed by atoms with Crippen LogP contribution in [-0.2, 0) is 14.8 Å². The van der Waals surface area contributed by atoms with Crippen molar-refractivity contribution in [3.05, 3.63) is 22.2 Å². The Bertz CT molecular complexity index is 519. The summed E-state index contributed by atoms with van der Waals surface area (Å²) in [5, 5.41) is 0.0212. The van der Waals surface area contributed by atoms with Crippen molar-refractivity contribution in [3.8, 4) is 0 Å². The summed E-state index contributed by atoms with van der Waals surface area (Å²) in [4.78, 5) is 10.5. The van der Waals surface area contributed by atoms with Crippen molar-refractivity contribution in [1.29, 1.82) is 0 Å². The molecular weight excluding hydrogens is 275 g/mol. The van der Waals surface area contributed by atoms with Gasteiger partial charge in [0.15, 0.2) is 0 Å². The number of nitrogen functional groups attached to an aromatic ring is 1. The molecule has 0 heterocycles. The number of halogens is 2. The molecule has 0 atom stereocenters. The van der Waals surface area contributed by atoms with Gasteiger partial charge in [-0.2, -0.15) is 0 Å². The van der Waals surface area contributed by atoms with Crippen LogP contribution >= 0.6 is 23.2 Å². The molecule has 0 radical (unpaired) electrons. The molecule has 0 aliphatic heterocycles. The zero-order valence-electron chi connectivity index (χ0n) is 8.12. The van der Waals surface area contributed by atoms with Gasteiger partial charge in [-0.25, -0.2) is 13.1 Å². The van der Waals surface area contributed by atoms with E-state index in [-0.39, 0.29) is 20.6 Å². The lowest BCUT2D eigenvalue weighted by atomic mass is 10.3. The number of hydrogen-bond acceptors (Lipinski definition) is 4. The molecule has 1 rings (SSSR count). The molecule has 1 amide bonds. The average molecular weight is 283 g/mol. The zero-order chi connectivity index (χ0) is 12.5. The van der Waals surface area contributed by atoms with Gasteiger partial charge in [-0.15, -0.1) is 0 Å². The topological polar surface area (TPSA) is 89.3 Å². The Labute approximate surface area is 103 Å². The molecular formula is C8H8Cl2N2O3S. The minimum Gasteiger partial charge on any atom is -0.396 e. The molecule has 1 aromatic rings. The lowest BCUT2D eigenvalue weighted by Gasteiger charge is -2.07. The quantitative estimate of drug-likeness (QED) is 0.803. The average Bonchev–Trinajstić information content (AvgIpc) is 2.11. The number of nitrogens with one attached hydrogen (secondary N) is 1. The molecule has 16 heavy (non-hydrogen) atoms. The third-order valence-electron chi connectivity index (χ3n) is 1.64. The van der Waals surface area contributed by atoms with Gasteiger partial charge in [-0.3, -0.25) is 4.79 Å². The minimum absolute atomic E-state index is 0.0106. The van der Waals surface area contributed by atoms with Crippen molar-refractivity contribution in [1.82, 2.24) is 4.72 Å². The Morgan fingerprint density at radius 3 is 2.12 bits per heavy atom. The van der Waals surface area contributed by atoms with Crippen LogP contribution in [0.5, 0.6) is 0 Å². The van der Waals surface area contributed by atoms with Crippen molar-refractivity contribution in [3.63, 3.8) is 0 Å². The van der Waals surface area contributed by atoms with Crippen molar-refractivity contribution in [2.45, 2.75) is 11.8 Å². The molecule has 3 N–H and O–H groups in total. The lowest BCUT2D eigenvalue weighted by molar-refractivity contribution is -0.117. The largest absolute Gasteiger partial charge is 0.396 e. The summed E-state index contributed by atoms with van der Waals surface area (Å²) >= 11 is 11.4. The maximum absolute atomic E-state index is 11.6. The van der Waals surface area contributed by atoms with Gasteiger partial charge in [0.1, 0.15) is 0 Å². The predicted molar refractivity (Wildman–Crippen MR) is 61.9 cm³/mol. The van der Waals surface area contributed by atoms with Crippen LogP contribution in [0, 0.1) is 0 Å². The lowest BCUT2D eigenvalue weighted by Crippen LogP contribution is -2.28. The van der Waals surface area contributed by atoms with E-state index in [2.05, 4.69) is 0 Å². The van der Waals surface area contributed by atoms with Crippen LogP contribution in [0.2, 0.25) is 10.0 Å². The molecule has 0 aromatic heterocycles. The third kappa shape index (κ3) is 2.78. The van der Waals surface area contributed by atoms with Crippen LogP contribution < -0.4 is 10.5 Å². The summed E-state index contributed by atoms with van der Waals surface area (Å²) < 4.78 is 24.9. The number of anilines is 1. The van der Waals surface area contributed by atoms with Gasteiger partial charge in [0.25, 0.3) is 10.0 Å². The van der Waals surface area contributed by atoms with Gasteiger partial charge in [-0.1, -0.05) is 23.2 Å². The molecule has 0 fully saturated rings. The van der Waals surface area contributed by atoms with Crippen LogP contribution in [0.15, 0.2) is 17.0 Å². The van der Waals surface area contributed by atoms with Crippen LogP contribution in [0.4, 0.5) is 5.69 Å². The summed E-state index contributed by atoms with van der Waals surface area (Å²) in [5.74, 6) is -0.705. The number of benzene rings is 1. The molecule has 88 valence electrons. The highest BCUT2D eigenvalue weighted by atomic mass is 35.5. The van der Waals surface area contributed by atoms with Gasteiger partial charge >= 0.3 is 0 Å². The smallest absolute Gasteiger partial charge is 0.264 e. The number of carbonyl (C=O) groups excluding carboxylic acids is 1. The van der Waals surface area contributed by atoms with E-state index in [9.17, 15) is 13.2 Å². The van der Waals surface area contributed by atoms with Crippen LogP contribution in [0.1, 0.15) is 6.92 Å². The second-order valence-electron chi connectivity index (χ2n) is 2.96. The highest BCUT2D eigenvalue weighted by molar-refractivity contribution is 7.90. The molecule has 0 aliphatic rings. The molecule has 0 aliphatic carbocycles. The van der Waals surface area contributed by atoms with E-state index in [0.29, 0.717) is 0 Å². The number of amides is 1. The molecule has 0 saturated heterocycles. The first-order valence-corrected chi connectivity index (χ1v) is 6.26. The second kappa shape index (κ2) is 4.48. The molecule has 0 saturated carbocycles. The SMILES string of the molecule is CC(=O)NS(=O)(=O)c1cc(Cl)c(N)c(Cl)c1. The van der Waals surface area contributed by atoms with E-state index in [1.54, 1.807) is 4.72 Å². The highest BCUT2D eigenvalue weighted by Crippen LogP contribution is 2.30. The van der Waals surface area contributed by atoms with Gasteiger partial charge in [0.2, 0.25) is 5.91 Å². The summed E-state index contributed by atoms with van der Waals surface area (Å²) in [6.45, 7) is 1.08. The van der Waals surface area contributed by atoms with E-state index < -0.39 is 15.9 Å². The third-order valence-corrected chi connectivity index (χ3v) is 3.68.